The first-order valence-corrected chi connectivity index (χ1v) is 6.41. The number of anilines is 1. The summed E-state index contributed by atoms with van der Waals surface area (Å²) in [6.07, 6.45) is 1.41. The topological polar surface area (TPSA) is 92.2 Å². The molecule has 0 aliphatic rings. The fourth-order valence-corrected chi connectivity index (χ4v) is 2.09. The number of aliphatic carboxylic acids is 1. The molecule has 0 saturated carbocycles. The molecule has 0 radical (unpaired) electrons. The highest BCUT2D eigenvalue weighted by molar-refractivity contribution is 7.14. The molecule has 0 bridgehead atoms. The summed E-state index contributed by atoms with van der Waals surface area (Å²) in [5, 5.41) is 13.3. The Morgan fingerprint density at radius 1 is 1.26 bits per heavy atom. The minimum Gasteiger partial charge on any atom is -0.481 e. The molecule has 0 unspecified atom stereocenters. The second-order valence-corrected chi connectivity index (χ2v) is 4.55. The van der Waals surface area contributed by atoms with Gasteiger partial charge in [-0.15, -0.1) is 11.3 Å². The highest BCUT2D eigenvalue weighted by Gasteiger charge is 2.09. The van der Waals surface area contributed by atoms with Gasteiger partial charge in [0.15, 0.2) is 5.13 Å². The van der Waals surface area contributed by atoms with Crippen LogP contribution in [0.25, 0.3) is 11.4 Å². The zero-order chi connectivity index (χ0) is 13.7. The Labute approximate surface area is 113 Å². The predicted octanol–water partition coefficient (Wildman–Crippen LogP) is 2.01. The number of nitrogens with zero attached hydrogens (tertiary/aromatic N) is 2. The number of thiazole rings is 1. The van der Waals surface area contributed by atoms with E-state index in [0.29, 0.717) is 10.8 Å². The van der Waals surface area contributed by atoms with Gasteiger partial charge < -0.3 is 10.4 Å². The molecule has 98 valence electrons. The minimum absolute atomic E-state index is 0.0617. The average molecular weight is 277 g/mol. The van der Waals surface area contributed by atoms with E-state index >= 15 is 0 Å². The molecule has 6 nitrogen and oxygen atoms in total. The summed E-state index contributed by atoms with van der Waals surface area (Å²) in [5.74, 6) is -1.35. The Balaban J connectivity index is 1.98. The third kappa shape index (κ3) is 3.85. The zero-order valence-electron chi connectivity index (χ0n) is 9.87. The molecule has 0 saturated heterocycles. The van der Waals surface area contributed by atoms with Crippen LogP contribution in [-0.2, 0) is 9.59 Å². The highest BCUT2D eigenvalue weighted by atomic mass is 32.1. The molecule has 2 N–H and O–H groups in total. The number of rotatable bonds is 5. The number of carbonyl (C=O) groups excluding carboxylic acids is 1. The molecule has 0 aliphatic carbocycles. The van der Waals surface area contributed by atoms with Crippen LogP contribution in [0.4, 0.5) is 5.13 Å². The monoisotopic (exact) mass is 277 g/mol. The van der Waals surface area contributed by atoms with Gasteiger partial charge in [0.05, 0.1) is 12.1 Å². The van der Waals surface area contributed by atoms with Crippen molar-refractivity contribution < 1.29 is 14.7 Å². The molecular formula is C12H11N3O3S. The fraction of sp³-hybridized carbons (Fsp3) is 0.167. The van der Waals surface area contributed by atoms with Gasteiger partial charge in [-0.1, -0.05) is 6.07 Å². The molecule has 1 amide bonds. The van der Waals surface area contributed by atoms with Crippen LogP contribution >= 0.6 is 11.3 Å². The number of hydrogen-bond acceptors (Lipinski definition) is 5. The molecule has 0 aliphatic heterocycles. The quantitative estimate of drug-likeness (QED) is 0.872. The standard InChI is InChI=1S/C12H11N3O3S/c16-10(4-5-11(17)18)15-12-14-9(7-19-12)8-3-1-2-6-13-8/h1-3,6-7H,4-5H2,(H,17,18)(H,14,15,16). The lowest BCUT2D eigenvalue weighted by atomic mass is 10.3. The summed E-state index contributed by atoms with van der Waals surface area (Å²) in [6, 6.07) is 5.49. The average Bonchev–Trinajstić information content (AvgIpc) is 2.86. The van der Waals surface area contributed by atoms with E-state index < -0.39 is 5.97 Å². The molecule has 2 aromatic rings. The Kier molecular flexibility index (Phi) is 4.19. The molecule has 0 atom stereocenters. The van der Waals surface area contributed by atoms with E-state index in [0.717, 1.165) is 5.69 Å². The fourth-order valence-electron chi connectivity index (χ4n) is 1.37. The van der Waals surface area contributed by atoms with E-state index in [1.165, 1.54) is 11.3 Å². The maximum atomic E-state index is 11.4. The van der Waals surface area contributed by atoms with Crippen LogP contribution in [0.2, 0.25) is 0 Å². The van der Waals surface area contributed by atoms with Crippen LogP contribution in [-0.4, -0.2) is 27.0 Å². The van der Waals surface area contributed by atoms with E-state index in [1.807, 2.05) is 18.2 Å². The van der Waals surface area contributed by atoms with Crippen molar-refractivity contribution in [3.63, 3.8) is 0 Å². The Hall–Kier alpha value is -2.28. The van der Waals surface area contributed by atoms with Crippen LogP contribution in [0.1, 0.15) is 12.8 Å². The van der Waals surface area contributed by atoms with Gasteiger partial charge in [0, 0.05) is 18.0 Å². The summed E-state index contributed by atoms with van der Waals surface area (Å²) in [5.41, 5.74) is 1.41. The molecule has 7 heteroatoms. The minimum atomic E-state index is -0.997. The summed E-state index contributed by atoms with van der Waals surface area (Å²) in [6.45, 7) is 0. The summed E-state index contributed by atoms with van der Waals surface area (Å²) in [7, 11) is 0. The second kappa shape index (κ2) is 6.05. The number of nitrogens with one attached hydrogen (secondary N) is 1. The lowest BCUT2D eigenvalue weighted by Crippen LogP contribution is -2.12. The number of pyridine rings is 1. The van der Waals surface area contributed by atoms with E-state index in [1.54, 1.807) is 11.6 Å². The van der Waals surface area contributed by atoms with Crippen molar-refractivity contribution in [1.82, 2.24) is 9.97 Å². The first-order valence-electron chi connectivity index (χ1n) is 5.54. The van der Waals surface area contributed by atoms with Gasteiger partial charge >= 0.3 is 5.97 Å². The number of aromatic nitrogens is 2. The SMILES string of the molecule is O=C(O)CCC(=O)Nc1nc(-c2ccccn2)cs1. The Bertz CT molecular complexity index is 583. The smallest absolute Gasteiger partial charge is 0.303 e. The van der Waals surface area contributed by atoms with Gasteiger partial charge in [-0.25, -0.2) is 4.98 Å². The summed E-state index contributed by atoms with van der Waals surface area (Å²) in [4.78, 5) is 30.2. The number of carboxylic acids is 1. The summed E-state index contributed by atoms with van der Waals surface area (Å²) >= 11 is 1.28. The lowest BCUT2D eigenvalue weighted by molar-refractivity contribution is -0.138. The molecule has 2 aromatic heterocycles. The van der Waals surface area contributed by atoms with E-state index in [4.69, 9.17) is 5.11 Å². The first kappa shape index (κ1) is 13.2. The van der Waals surface area contributed by atoms with Crippen molar-refractivity contribution in [3.05, 3.63) is 29.8 Å². The van der Waals surface area contributed by atoms with Crippen molar-refractivity contribution in [1.29, 1.82) is 0 Å². The highest BCUT2D eigenvalue weighted by Crippen LogP contribution is 2.23. The molecule has 2 rings (SSSR count). The number of carbonyl (C=O) groups is 2. The molecule has 19 heavy (non-hydrogen) atoms. The van der Waals surface area contributed by atoms with Crippen molar-refractivity contribution in [2.45, 2.75) is 12.8 Å². The van der Waals surface area contributed by atoms with Gasteiger partial charge in [0.2, 0.25) is 5.91 Å². The van der Waals surface area contributed by atoms with Gasteiger partial charge in [-0.05, 0) is 12.1 Å². The number of amides is 1. The third-order valence-electron chi connectivity index (χ3n) is 2.24. The van der Waals surface area contributed by atoms with E-state index in [9.17, 15) is 9.59 Å². The molecule has 0 spiro atoms. The van der Waals surface area contributed by atoms with Crippen LogP contribution in [0.15, 0.2) is 29.8 Å². The van der Waals surface area contributed by atoms with Gasteiger partial charge in [0.25, 0.3) is 0 Å². The van der Waals surface area contributed by atoms with Crippen molar-refractivity contribution in [2.75, 3.05) is 5.32 Å². The Morgan fingerprint density at radius 2 is 2.11 bits per heavy atom. The van der Waals surface area contributed by atoms with E-state index in [-0.39, 0.29) is 18.7 Å². The first-order chi connectivity index (χ1) is 9.15. The number of hydrogen-bond donors (Lipinski definition) is 2. The predicted molar refractivity (Wildman–Crippen MR) is 70.8 cm³/mol. The second-order valence-electron chi connectivity index (χ2n) is 3.69. The molecule has 2 heterocycles. The molecule has 0 fully saturated rings. The largest absolute Gasteiger partial charge is 0.481 e. The van der Waals surface area contributed by atoms with Gasteiger partial charge in [-0.3, -0.25) is 14.6 Å². The lowest BCUT2D eigenvalue weighted by Gasteiger charge is -1.99. The molecule has 0 aromatic carbocycles. The number of carboxylic acid groups (broad SMARTS) is 1. The summed E-state index contributed by atoms with van der Waals surface area (Å²) < 4.78 is 0. The van der Waals surface area contributed by atoms with Crippen LogP contribution < -0.4 is 5.32 Å². The maximum absolute atomic E-state index is 11.4. The van der Waals surface area contributed by atoms with Gasteiger partial charge in [-0.2, -0.15) is 0 Å². The van der Waals surface area contributed by atoms with E-state index in [2.05, 4.69) is 15.3 Å². The Morgan fingerprint density at radius 3 is 2.79 bits per heavy atom. The van der Waals surface area contributed by atoms with Crippen molar-refractivity contribution >= 4 is 28.3 Å². The van der Waals surface area contributed by atoms with Crippen molar-refractivity contribution in [2.24, 2.45) is 0 Å². The molecular weight excluding hydrogens is 266 g/mol. The van der Waals surface area contributed by atoms with Crippen LogP contribution in [0, 0.1) is 0 Å². The van der Waals surface area contributed by atoms with Crippen LogP contribution in [0.5, 0.6) is 0 Å². The van der Waals surface area contributed by atoms with Crippen molar-refractivity contribution in [3.8, 4) is 11.4 Å². The zero-order valence-corrected chi connectivity index (χ0v) is 10.7. The third-order valence-corrected chi connectivity index (χ3v) is 3.00. The van der Waals surface area contributed by atoms with Gasteiger partial charge in [0.1, 0.15) is 5.69 Å². The van der Waals surface area contributed by atoms with Crippen LogP contribution in [0.3, 0.4) is 0 Å². The maximum Gasteiger partial charge on any atom is 0.303 e. The normalized spacial score (nSPS) is 10.1.